The first kappa shape index (κ1) is 32.7. The van der Waals surface area contributed by atoms with E-state index in [-0.39, 0.29) is 31.8 Å². The molecule has 0 fully saturated rings. The third kappa shape index (κ3) is 11.6. The number of guanidine groups is 1. The summed E-state index contributed by atoms with van der Waals surface area (Å²) in [6, 6.07) is 12.9. The van der Waals surface area contributed by atoms with Gasteiger partial charge in [-0.05, 0) is 30.9 Å². The van der Waals surface area contributed by atoms with Crippen LogP contribution in [0.4, 0.5) is 0 Å². The van der Waals surface area contributed by atoms with E-state index in [1.807, 2.05) is 0 Å². The van der Waals surface area contributed by atoms with Crippen LogP contribution in [-0.4, -0.2) is 76.7 Å². The van der Waals surface area contributed by atoms with Crippen LogP contribution in [-0.2, 0) is 32.0 Å². The van der Waals surface area contributed by atoms with Gasteiger partial charge in [0, 0.05) is 19.4 Å². The highest BCUT2D eigenvalue weighted by atomic mass is 16.4. The predicted octanol–water partition coefficient (Wildman–Crippen LogP) is -1.23. The Morgan fingerprint density at radius 1 is 0.780 bits per heavy atom. The van der Waals surface area contributed by atoms with Gasteiger partial charge >= 0.3 is 5.97 Å². The van der Waals surface area contributed by atoms with E-state index >= 15 is 0 Å². The van der Waals surface area contributed by atoms with Crippen molar-refractivity contribution in [2.45, 2.75) is 62.9 Å². The van der Waals surface area contributed by atoms with Crippen molar-refractivity contribution in [3.63, 3.8) is 0 Å². The van der Waals surface area contributed by atoms with Gasteiger partial charge in [-0.1, -0.05) is 60.7 Å². The molecule has 0 aliphatic carbocycles. The zero-order valence-electron chi connectivity index (χ0n) is 22.9. The molecular formula is C28H39N7O6. The number of carboxylic acids is 1. The summed E-state index contributed by atoms with van der Waals surface area (Å²) in [6.07, 6.45) is -0.690. The summed E-state index contributed by atoms with van der Waals surface area (Å²) in [5.74, 6) is -3.53. The first-order valence-corrected chi connectivity index (χ1v) is 13.2. The number of nitrogens with two attached hydrogens (primary N) is 3. The maximum Gasteiger partial charge on any atom is 0.326 e. The van der Waals surface area contributed by atoms with Crippen LogP contribution >= 0.6 is 0 Å². The van der Waals surface area contributed by atoms with Crippen molar-refractivity contribution in [1.82, 2.24) is 16.0 Å². The molecule has 0 radical (unpaired) electrons. The molecule has 0 heterocycles. The van der Waals surface area contributed by atoms with Crippen molar-refractivity contribution < 1.29 is 29.4 Å². The maximum absolute atomic E-state index is 13.5. The van der Waals surface area contributed by atoms with Crippen molar-refractivity contribution in [3.05, 3.63) is 71.8 Å². The smallest absolute Gasteiger partial charge is 0.326 e. The highest BCUT2D eigenvalue weighted by Crippen LogP contribution is 2.09. The lowest BCUT2D eigenvalue weighted by Crippen LogP contribution is -2.59. The number of benzene rings is 2. The lowest BCUT2D eigenvalue weighted by molar-refractivity contribution is -0.142. The van der Waals surface area contributed by atoms with E-state index in [1.54, 1.807) is 60.7 Å². The second-order valence-electron chi connectivity index (χ2n) is 9.62. The molecule has 2 aromatic carbocycles. The molecule has 0 aromatic heterocycles. The first-order chi connectivity index (χ1) is 19.5. The second kappa shape index (κ2) is 16.6. The minimum absolute atomic E-state index is 0.0494. The molecule has 2 rings (SSSR count). The van der Waals surface area contributed by atoms with Gasteiger partial charge in [-0.15, -0.1) is 0 Å². The number of hydrogen-bond acceptors (Lipinski definition) is 7. The Kier molecular flexibility index (Phi) is 13.2. The molecule has 0 saturated heterocycles. The highest BCUT2D eigenvalue weighted by Gasteiger charge is 2.31. The molecule has 13 heteroatoms. The number of aliphatic hydroxyl groups excluding tert-OH is 1. The van der Waals surface area contributed by atoms with Gasteiger partial charge in [0.05, 0.1) is 6.10 Å². The Morgan fingerprint density at radius 2 is 1.22 bits per heavy atom. The monoisotopic (exact) mass is 569 g/mol. The quantitative estimate of drug-likeness (QED) is 0.0685. The van der Waals surface area contributed by atoms with Crippen molar-refractivity contribution >= 4 is 29.7 Å². The van der Waals surface area contributed by atoms with Crippen molar-refractivity contribution in [1.29, 1.82) is 0 Å². The summed E-state index contributed by atoms with van der Waals surface area (Å²) in [6.45, 7) is 1.54. The van der Waals surface area contributed by atoms with E-state index < -0.39 is 54.0 Å². The highest BCUT2D eigenvalue weighted by molar-refractivity contribution is 5.94. The lowest BCUT2D eigenvalue weighted by Gasteiger charge is -2.26. The molecule has 11 N–H and O–H groups in total. The van der Waals surface area contributed by atoms with Crippen LogP contribution in [0.3, 0.4) is 0 Å². The number of aliphatic carboxylic acids is 1. The van der Waals surface area contributed by atoms with E-state index in [9.17, 15) is 29.4 Å². The summed E-state index contributed by atoms with van der Waals surface area (Å²) < 4.78 is 0. The van der Waals surface area contributed by atoms with Crippen molar-refractivity contribution in [2.75, 3.05) is 6.54 Å². The standard InChI is InChI=1S/C28H39N7O6/c1-17(36)23(29)26(39)35-22(16-19-11-6-3-7-12-19)25(38)34-21(15-18-9-4-2-5-10-18)24(37)33-20(27(40)41)13-8-14-32-28(30)31/h2-7,9-12,17,20-23,36H,8,13-16,29H2,1H3,(H,33,37)(H,34,38)(H,35,39)(H,40,41)(H4,30,31,32)/t17-,20+,21+,22+,23+/m1/s1. The Labute approximate surface area is 238 Å². The van der Waals surface area contributed by atoms with E-state index in [0.29, 0.717) is 12.0 Å². The largest absolute Gasteiger partial charge is 0.480 e. The van der Waals surface area contributed by atoms with E-state index in [1.165, 1.54) is 6.92 Å². The van der Waals surface area contributed by atoms with E-state index in [2.05, 4.69) is 20.9 Å². The van der Waals surface area contributed by atoms with Crippen LogP contribution in [0.2, 0.25) is 0 Å². The number of nitrogens with zero attached hydrogens (tertiary/aromatic N) is 1. The molecule has 3 amide bonds. The number of rotatable bonds is 16. The molecule has 0 aliphatic heterocycles. The summed E-state index contributed by atoms with van der Waals surface area (Å²) in [5, 5.41) is 27.1. The molecule has 0 unspecified atom stereocenters. The number of carbonyl (C=O) groups is 4. The minimum Gasteiger partial charge on any atom is -0.480 e. The predicted molar refractivity (Wildman–Crippen MR) is 153 cm³/mol. The van der Waals surface area contributed by atoms with Crippen LogP contribution in [0.15, 0.2) is 65.7 Å². The number of aliphatic imine (C=N–C) groups is 1. The average molecular weight is 570 g/mol. The van der Waals surface area contributed by atoms with Crippen LogP contribution < -0.4 is 33.2 Å². The third-order valence-electron chi connectivity index (χ3n) is 6.21. The normalized spacial score (nSPS) is 14.4. The Morgan fingerprint density at radius 3 is 1.63 bits per heavy atom. The van der Waals surface area contributed by atoms with Gasteiger partial charge < -0.3 is 43.4 Å². The number of carbonyl (C=O) groups excluding carboxylic acids is 3. The van der Waals surface area contributed by atoms with Gasteiger partial charge in [-0.2, -0.15) is 0 Å². The fourth-order valence-electron chi connectivity index (χ4n) is 3.91. The van der Waals surface area contributed by atoms with Crippen molar-refractivity contribution in [2.24, 2.45) is 22.2 Å². The lowest BCUT2D eigenvalue weighted by atomic mass is 10.0. The first-order valence-electron chi connectivity index (χ1n) is 13.2. The average Bonchev–Trinajstić information content (AvgIpc) is 2.94. The Hall–Kier alpha value is -4.49. The molecule has 0 aliphatic rings. The summed E-state index contributed by atoms with van der Waals surface area (Å²) in [4.78, 5) is 55.2. The molecule has 13 nitrogen and oxygen atoms in total. The molecule has 0 bridgehead atoms. The maximum atomic E-state index is 13.5. The summed E-state index contributed by atoms with van der Waals surface area (Å²) >= 11 is 0. The van der Waals surface area contributed by atoms with Gasteiger partial charge in [0.25, 0.3) is 0 Å². The third-order valence-corrected chi connectivity index (χ3v) is 6.21. The van der Waals surface area contributed by atoms with Gasteiger partial charge in [0.2, 0.25) is 17.7 Å². The van der Waals surface area contributed by atoms with Crippen LogP contribution in [0, 0.1) is 0 Å². The van der Waals surface area contributed by atoms with Crippen LogP contribution in [0.5, 0.6) is 0 Å². The Balaban J connectivity index is 2.27. The molecule has 222 valence electrons. The van der Waals surface area contributed by atoms with E-state index in [4.69, 9.17) is 17.2 Å². The topological polar surface area (TPSA) is 235 Å². The number of hydrogen-bond donors (Lipinski definition) is 8. The molecule has 0 saturated carbocycles. The molecule has 2 aromatic rings. The number of amides is 3. The van der Waals surface area contributed by atoms with Crippen LogP contribution in [0.25, 0.3) is 0 Å². The van der Waals surface area contributed by atoms with Crippen molar-refractivity contribution in [3.8, 4) is 0 Å². The number of nitrogens with one attached hydrogen (secondary N) is 3. The number of aliphatic hydroxyl groups is 1. The molecule has 41 heavy (non-hydrogen) atoms. The molecular weight excluding hydrogens is 530 g/mol. The molecule has 0 spiro atoms. The van der Waals surface area contributed by atoms with Gasteiger partial charge in [-0.25, -0.2) is 4.79 Å². The number of carboxylic acid groups (broad SMARTS) is 1. The second-order valence-corrected chi connectivity index (χ2v) is 9.62. The minimum atomic E-state index is -1.28. The van der Waals surface area contributed by atoms with Gasteiger partial charge in [0.15, 0.2) is 5.96 Å². The fraction of sp³-hybridized carbons (Fsp3) is 0.393. The summed E-state index contributed by atoms with van der Waals surface area (Å²) in [5.41, 5.74) is 17.8. The van der Waals surface area contributed by atoms with Gasteiger partial charge in [-0.3, -0.25) is 19.4 Å². The zero-order valence-corrected chi connectivity index (χ0v) is 22.9. The zero-order chi connectivity index (χ0) is 30.4. The summed E-state index contributed by atoms with van der Waals surface area (Å²) in [7, 11) is 0. The Bertz CT molecular complexity index is 1170. The van der Waals surface area contributed by atoms with Gasteiger partial charge in [0.1, 0.15) is 24.2 Å². The molecule has 5 atom stereocenters. The van der Waals surface area contributed by atoms with Crippen LogP contribution in [0.1, 0.15) is 30.9 Å². The fourth-order valence-corrected chi connectivity index (χ4v) is 3.91. The SMILES string of the molecule is C[C@@H](O)[C@H](N)C(=O)N[C@@H](Cc1ccccc1)C(=O)N[C@@H](Cc1ccccc1)C(=O)N[C@@H](CCCN=C(N)N)C(=O)O. The van der Waals surface area contributed by atoms with E-state index in [0.717, 1.165) is 5.56 Å².